The van der Waals surface area contributed by atoms with Crippen molar-refractivity contribution in [2.45, 2.75) is 33.1 Å². The van der Waals surface area contributed by atoms with Crippen molar-refractivity contribution in [3.63, 3.8) is 0 Å². The average Bonchev–Trinajstić information content (AvgIpc) is 3.35. The highest BCUT2D eigenvalue weighted by Crippen LogP contribution is 2.28. The highest BCUT2D eigenvalue weighted by molar-refractivity contribution is 6.35. The predicted octanol–water partition coefficient (Wildman–Crippen LogP) is 4.42. The first-order chi connectivity index (χ1) is 17.3. The number of hydrogen-bond acceptors (Lipinski definition) is 9. The Morgan fingerprint density at radius 3 is 2.31 bits per heavy atom. The molecule has 5 rings (SSSR count). The summed E-state index contributed by atoms with van der Waals surface area (Å²) in [6.45, 7) is 5.91. The molecule has 0 fully saturated rings. The lowest BCUT2D eigenvalue weighted by atomic mass is 10.2. The van der Waals surface area contributed by atoms with Crippen LogP contribution in [-0.2, 0) is 6.42 Å². The fraction of sp³-hybridized carbons (Fsp3) is 0.200. The molecular weight excluding hydrogens is 480 g/mol. The molecule has 0 saturated carbocycles. The number of halogens is 1. The van der Waals surface area contributed by atoms with Crippen molar-refractivity contribution in [1.82, 2.24) is 29.7 Å². The topological polar surface area (TPSA) is 152 Å². The van der Waals surface area contributed by atoms with Gasteiger partial charge < -0.3 is 16.0 Å². The molecule has 0 spiro atoms. The predicted molar refractivity (Wildman–Crippen MR) is 140 cm³/mol. The quantitative estimate of drug-likeness (QED) is 0.362. The molecule has 4 N–H and O–H groups in total. The molecule has 11 heteroatoms. The van der Waals surface area contributed by atoms with Crippen LogP contribution < -0.4 is 17.0 Å². The molecule has 0 atom stereocenters. The molecule has 0 amide bonds. The van der Waals surface area contributed by atoms with Crippen molar-refractivity contribution in [3.8, 4) is 17.1 Å². The number of rotatable bonds is 4. The van der Waals surface area contributed by atoms with Crippen LogP contribution in [0.25, 0.3) is 28.0 Å². The van der Waals surface area contributed by atoms with E-state index in [0.717, 1.165) is 11.5 Å². The number of para-hydroxylation sites is 1. The zero-order valence-electron chi connectivity index (χ0n) is 20.0. The summed E-state index contributed by atoms with van der Waals surface area (Å²) in [5, 5.41) is 4.73. The third-order valence-corrected chi connectivity index (χ3v) is 5.64. The van der Waals surface area contributed by atoms with Gasteiger partial charge in [-0.3, -0.25) is 9.36 Å². The summed E-state index contributed by atoms with van der Waals surface area (Å²) in [5.74, 6) is 2.20. The number of nitrogens with zero attached hydrogens (tertiary/aromatic N) is 6. The fourth-order valence-electron chi connectivity index (χ4n) is 3.52. The molecule has 10 nitrogen and oxygen atoms in total. The second-order valence-electron chi connectivity index (χ2n) is 8.12. The number of anilines is 2. The summed E-state index contributed by atoms with van der Waals surface area (Å²) in [4.78, 5) is 29.2. The first kappa shape index (κ1) is 24.8. The number of aromatic nitrogens is 6. The van der Waals surface area contributed by atoms with Gasteiger partial charge in [0, 0.05) is 12.3 Å². The zero-order valence-corrected chi connectivity index (χ0v) is 20.8. The van der Waals surface area contributed by atoms with Gasteiger partial charge in [0.1, 0.15) is 29.4 Å². The van der Waals surface area contributed by atoms with Crippen LogP contribution >= 0.6 is 11.6 Å². The molecular formula is C25H25ClN8O2. The van der Waals surface area contributed by atoms with Crippen LogP contribution in [0.4, 0.5) is 11.6 Å². The summed E-state index contributed by atoms with van der Waals surface area (Å²) < 4.78 is 6.71. The van der Waals surface area contributed by atoms with Crippen LogP contribution in [0, 0.1) is 0 Å². The Bertz CT molecular complexity index is 1540. The van der Waals surface area contributed by atoms with E-state index in [0.29, 0.717) is 33.7 Å². The standard InChI is InChI=1S/C16H13ClN2O.C9H12N6O/c1-2-14-18-13-10-6-9-12(17)15(13)16(20)19(14)11-7-4-3-5-8-11;1-4(2)8-14-9(16-15-8)5-6(10)12-3-13-7(5)11/h3-10H,2H2,1H3;3-4H,1-2H3,(H4,10,11,12,13). The Morgan fingerprint density at radius 1 is 1.00 bits per heavy atom. The van der Waals surface area contributed by atoms with Gasteiger partial charge in [0.2, 0.25) is 0 Å². The Morgan fingerprint density at radius 2 is 1.69 bits per heavy atom. The summed E-state index contributed by atoms with van der Waals surface area (Å²) in [5.41, 5.74) is 13.1. The highest BCUT2D eigenvalue weighted by Gasteiger charge is 2.18. The molecule has 0 bridgehead atoms. The highest BCUT2D eigenvalue weighted by atomic mass is 35.5. The summed E-state index contributed by atoms with van der Waals surface area (Å²) in [6, 6.07) is 14.8. The molecule has 184 valence electrons. The van der Waals surface area contributed by atoms with E-state index in [1.54, 1.807) is 10.6 Å². The molecule has 0 radical (unpaired) electrons. The van der Waals surface area contributed by atoms with E-state index in [4.69, 9.17) is 27.6 Å². The first-order valence-electron chi connectivity index (χ1n) is 11.3. The molecule has 0 aliphatic heterocycles. The van der Waals surface area contributed by atoms with Gasteiger partial charge in [-0.05, 0) is 24.3 Å². The molecule has 0 saturated heterocycles. The Kier molecular flexibility index (Phi) is 7.25. The molecule has 5 aromatic rings. The Hall–Kier alpha value is -4.31. The van der Waals surface area contributed by atoms with Gasteiger partial charge in [-0.25, -0.2) is 15.0 Å². The van der Waals surface area contributed by atoms with Crippen molar-refractivity contribution >= 4 is 34.1 Å². The fourth-order valence-corrected chi connectivity index (χ4v) is 3.77. The summed E-state index contributed by atoms with van der Waals surface area (Å²) in [6.07, 6.45) is 1.96. The van der Waals surface area contributed by atoms with Crippen LogP contribution in [0.15, 0.2) is 64.2 Å². The van der Waals surface area contributed by atoms with E-state index >= 15 is 0 Å². The van der Waals surface area contributed by atoms with Crippen LogP contribution in [0.2, 0.25) is 5.02 Å². The molecule has 0 unspecified atom stereocenters. The van der Waals surface area contributed by atoms with Gasteiger partial charge in [-0.1, -0.05) is 61.8 Å². The molecule has 3 heterocycles. The third kappa shape index (κ3) is 4.89. The van der Waals surface area contributed by atoms with Gasteiger partial charge in [0.05, 0.1) is 21.6 Å². The Labute approximate surface area is 212 Å². The zero-order chi connectivity index (χ0) is 25.8. The van der Waals surface area contributed by atoms with Crippen LogP contribution in [-0.4, -0.2) is 29.7 Å². The lowest BCUT2D eigenvalue weighted by Crippen LogP contribution is -2.23. The SMILES string of the molecule is CC(C)c1noc(-c2c(N)ncnc2N)n1.CCc1nc2cccc(Cl)c2c(=O)n1-c1ccccc1. The van der Waals surface area contributed by atoms with Gasteiger partial charge >= 0.3 is 0 Å². The van der Waals surface area contributed by atoms with Crippen molar-refractivity contribution in [1.29, 1.82) is 0 Å². The normalized spacial score (nSPS) is 10.9. The molecule has 36 heavy (non-hydrogen) atoms. The molecule has 2 aromatic carbocycles. The lowest BCUT2D eigenvalue weighted by molar-refractivity contribution is 0.419. The smallest absolute Gasteiger partial charge is 0.267 e. The van der Waals surface area contributed by atoms with Crippen molar-refractivity contribution in [2.24, 2.45) is 0 Å². The van der Waals surface area contributed by atoms with Gasteiger partial charge in [-0.15, -0.1) is 0 Å². The van der Waals surface area contributed by atoms with E-state index in [1.165, 1.54) is 6.33 Å². The van der Waals surface area contributed by atoms with Gasteiger partial charge in [0.15, 0.2) is 5.82 Å². The second kappa shape index (κ2) is 10.5. The number of benzene rings is 2. The minimum Gasteiger partial charge on any atom is -0.383 e. The molecule has 3 aromatic heterocycles. The van der Waals surface area contributed by atoms with E-state index in [1.807, 2.05) is 63.2 Å². The largest absolute Gasteiger partial charge is 0.383 e. The monoisotopic (exact) mass is 504 g/mol. The number of fused-ring (bicyclic) bond motifs is 1. The first-order valence-corrected chi connectivity index (χ1v) is 11.6. The third-order valence-electron chi connectivity index (χ3n) is 5.32. The Balaban J connectivity index is 0.000000174. The van der Waals surface area contributed by atoms with Crippen LogP contribution in [0.3, 0.4) is 0 Å². The van der Waals surface area contributed by atoms with Crippen LogP contribution in [0.1, 0.15) is 38.3 Å². The van der Waals surface area contributed by atoms with E-state index in [2.05, 4.69) is 25.1 Å². The van der Waals surface area contributed by atoms with Crippen LogP contribution in [0.5, 0.6) is 0 Å². The maximum atomic E-state index is 12.8. The number of nitrogens with two attached hydrogens (primary N) is 2. The van der Waals surface area contributed by atoms with Crippen molar-refractivity contribution in [2.75, 3.05) is 11.5 Å². The average molecular weight is 505 g/mol. The van der Waals surface area contributed by atoms with Gasteiger partial charge in [-0.2, -0.15) is 4.98 Å². The minimum absolute atomic E-state index is 0.122. The van der Waals surface area contributed by atoms with E-state index in [9.17, 15) is 4.79 Å². The minimum atomic E-state index is -0.122. The van der Waals surface area contributed by atoms with Crippen molar-refractivity contribution in [3.05, 3.63) is 81.9 Å². The van der Waals surface area contributed by atoms with Crippen molar-refractivity contribution < 1.29 is 4.52 Å². The number of hydrogen-bond donors (Lipinski definition) is 2. The molecule has 0 aliphatic carbocycles. The van der Waals surface area contributed by atoms with Gasteiger partial charge in [0.25, 0.3) is 11.4 Å². The number of aryl methyl sites for hydroxylation is 1. The second-order valence-corrected chi connectivity index (χ2v) is 8.53. The lowest BCUT2D eigenvalue weighted by Gasteiger charge is -2.12. The maximum absolute atomic E-state index is 12.8. The van der Waals surface area contributed by atoms with E-state index < -0.39 is 0 Å². The summed E-state index contributed by atoms with van der Waals surface area (Å²) in [7, 11) is 0. The van der Waals surface area contributed by atoms with E-state index in [-0.39, 0.29) is 29.0 Å². The summed E-state index contributed by atoms with van der Waals surface area (Å²) >= 11 is 6.16. The number of nitrogen functional groups attached to an aromatic ring is 2. The maximum Gasteiger partial charge on any atom is 0.267 e. The molecule has 0 aliphatic rings.